The van der Waals surface area contributed by atoms with Crippen molar-refractivity contribution in [1.82, 2.24) is 5.32 Å². The molecule has 3 nitrogen and oxygen atoms in total. The maximum atomic E-state index is 12.0. The highest BCUT2D eigenvalue weighted by atomic mass is 16.5. The van der Waals surface area contributed by atoms with Crippen LogP contribution in [-0.4, -0.2) is 11.6 Å². The largest absolute Gasteiger partial charge is 0.445 e. The molecule has 0 spiro atoms. The summed E-state index contributed by atoms with van der Waals surface area (Å²) >= 11 is 0. The van der Waals surface area contributed by atoms with Gasteiger partial charge in [0, 0.05) is 0 Å². The second kappa shape index (κ2) is 6.22. The van der Waals surface area contributed by atoms with Crippen LogP contribution in [0.5, 0.6) is 0 Å². The minimum atomic E-state index is -0.574. The Labute approximate surface area is 127 Å². The summed E-state index contributed by atoms with van der Waals surface area (Å²) < 4.78 is 5.28. The third-order valence-corrected chi connectivity index (χ3v) is 4.07. The zero-order valence-electron chi connectivity index (χ0n) is 12.8. The predicted octanol–water partition coefficient (Wildman–Crippen LogP) is 3.89. The van der Waals surface area contributed by atoms with Crippen LogP contribution in [-0.2, 0) is 11.3 Å². The fraction of sp³-hybridized carbons (Fsp3) is 0.500. The van der Waals surface area contributed by atoms with Crippen molar-refractivity contribution in [3.8, 4) is 12.3 Å². The Hall–Kier alpha value is -1.95. The number of terminal acetylenes is 1. The summed E-state index contributed by atoms with van der Waals surface area (Å²) in [5.41, 5.74) is 0.540. The molecule has 2 rings (SSSR count). The third-order valence-electron chi connectivity index (χ3n) is 4.07. The van der Waals surface area contributed by atoms with Crippen LogP contribution in [0.2, 0.25) is 0 Å². The van der Waals surface area contributed by atoms with E-state index in [1.165, 1.54) is 0 Å². The zero-order chi connectivity index (χ0) is 15.3. The number of hydrogen-bond acceptors (Lipinski definition) is 2. The molecule has 112 valence electrons. The van der Waals surface area contributed by atoms with Crippen LogP contribution in [0.1, 0.15) is 45.1 Å². The molecule has 1 amide bonds. The van der Waals surface area contributed by atoms with Crippen LogP contribution < -0.4 is 5.32 Å². The van der Waals surface area contributed by atoms with Crippen LogP contribution in [0.3, 0.4) is 0 Å². The molecule has 0 radical (unpaired) electrons. The second-order valence-electron chi connectivity index (χ2n) is 6.61. The van der Waals surface area contributed by atoms with Gasteiger partial charge in [0.1, 0.15) is 12.1 Å². The van der Waals surface area contributed by atoms with Crippen molar-refractivity contribution in [3.05, 3.63) is 35.9 Å². The van der Waals surface area contributed by atoms with E-state index in [0.29, 0.717) is 0 Å². The maximum absolute atomic E-state index is 12.0. The van der Waals surface area contributed by atoms with E-state index in [-0.39, 0.29) is 12.0 Å². The van der Waals surface area contributed by atoms with Gasteiger partial charge in [0.2, 0.25) is 0 Å². The number of hydrogen-bond donors (Lipinski definition) is 1. The Morgan fingerprint density at radius 3 is 2.67 bits per heavy atom. The molecule has 1 aromatic rings. The molecule has 0 heterocycles. The highest BCUT2D eigenvalue weighted by Gasteiger charge is 2.40. The topological polar surface area (TPSA) is 38.3 Å². The van der Waals surface area contributed by atoms with Crippen molar-refractivity contribution in [2.24, 2.45) is 5.41 Å². The van der Waals surface area contributed by atoms with Gasteiger partial charge in [-0.25, -0.2) is 4.79 Å². The number of amides is 1. The number of carbonyl (C=O) groups is 1. The van der Waals surface area contributed by atoms with Gasteiger partial charge in [0.15, 0.2) is 0 Å². The zero-order valence-corrected chi connectivity index (χ0v) is 12.8. The van der Waals surface area contributed by atoms with Gasteiger partial charge in [0.25, 0.3) is 0 Å². The summed E-state index contributed by atoms with van der Waals surface area (Å²) in [6.07, 6.45) is 9.02. The van der Waals surface area contributed by atoms with E-state index in [0.717, 1.165) is 31.2 Å². The highest BCUT2D eigenvalue weighted by molar-refractivity contribution is 5.69. The normalized spacial score (nSPS) is 23.9. The van der Waals surface area contributed by atoms with Crippen molar-refractivity contribution in [1.29, 1.82) is 0 Å². The molecule has 1 aliphatic rings. The predicted molar refractivity (Wildman–Crippen MR) is 83.6 cm³/mol. The van der Waals surface area contributed by atoms with E-state index in [2.05, 4.69) is 25.1 Å². The van der Waals surface area contributed by atoms with Gasteiger partial charge in [-0.1, -0.05) is 50.1 Å². The molecule has 1 aromatic carbocycles. The van der Waals surface area contributed by atoms with Gasteiger partial charge in [-0.2, -0.15) is 0 Å². The summed E-state index contributed by atoms with van der Waals surface area (Å²) in [5, 5.41) is 2.91. The quantitative estimate of drug-likeness (QED) is 0.856. The van der Waals surface area contributed by atoms with Crippen molar-refractivity contribution >= 4 is 6.09 Å². The van der Waals surface area contributed by atoms with E-state index in [4.69, 9.17) is 11.2 Å². The first-order chi connectivity index (χ1) is 9.95. The first kappa shape index (κ1) is 15.4. The third kappa shape index (κ3) is 4.26. The Morgan fingerprint density at radius 1 is 1.33 bits per heavy atom. The van der Waals surface area contributed by atoms with Crippen LogP contribution >= 0.6 is 0 Å². The number of ether oxygens (including phenoxy) is 1. The number of carbonyl (C=O) groups excluding carboxylic acids is 1. The fourth-order valence-electron chi connectivity index (χ4n) is 3.08. The first-order valence-electron chi connectivity index (χ1n) is 7.41. The van der Waals surface area contributed by atoms with E-state index in [9.17, 15) is 4.79 Å². The lowest BCUT2D eigenvalue weighted by Gasteiger charge is -2.41. The number of alkyl carbamates (subject to hydrolysis) is 1. The molecule has 1 aliphatic carbocycles. The summed E-state index contributed by atoms with van der Waals surface area (Å²) in [5.74, 6) is 2.79. The molecule has 0 aromatic heterocycles. The smallest absolute Gasteiger partial charge is 0.408 e. The molecular weight excluding hydrogens is 262 g/mol. The average molecular weight is 285 g/mol. The van der Waals surface area contributed by atoms with Gasteiger partial charge in [-0.15, -0.1) is 6.42 Å². The lowest BCUT2D eigenvalue weighted by molar-refractivity contribution is 0.110. The van der Waals surface area contributed by atoms with Gasteiger partial charge in [-0.05, 0) is 36.7 Å². The maximum Gasteiger partial charge on any atom is 0.408 e. The van der Waals surface area contributed by atoms with E-state index >= 15 is 0 Å². The summed E-state index contributed by atoms with van der Waals surface area (Å²) in [6.45, 7) is 4.64. The molecule has 0 saturated heterocycles. The van der Waals surface area contributed by atoms with Crippen molar-refractivity contribution in [2.45, 2.75) is 51.7 Å². The summed E-state index contributed by atoms with van der Waals surface area (Å²) in [7, 11) is 0. The van der Waals surface area contributed by atoms with E-state index < -0.39 is 11.6 Å². The molecule has 3 heteroatoms. The van der Waals surface area contributed by atoms with Crippen LogP contribution in [0.15, 0.2) is 30.3 Å². The van der Waals surface area contributed by atoms with Crippen molar-refractivity contribution in [2.75, 3.05) is 0 Å². The van der Waals surface area contributed by atoms with Gasteiger partial charge in [0.05, 0.1) is 0 Å². The van der Waals surface area contributed by atoms with Gasteiger partial charge >= 0.3 is 6.09 Å². The van der Waals surface area contributed by atoms with Gasteiger partial charge in [-0.3, -0.25) is 0 Å². The minimum Gasteiger partial charge on any atom is -0.445 e. The molecule has 1 unspecified atom stereocenters. The second-order valence-corrected chi connectivity index (χ2v) is 6.61. The molecule has 1 N–H and O–H groups in total. The Bertz CT molecular complexity index is 530. The van der Waals surface area contributed by atoms with Gasteiger partial charge < -0.3 is 10.1 Å². The summed E-state index contributed by atoms with van der Waals surface area (Å²) in [6, 6.07) is 9.62. The van der Waals surface area contributed by atoms with Crippen LogP contribution in [0.25, 0.3) is 0 Å². The average Bonchev–Trinajstić information content (AvgIpc) is 2.45. The Morgan fingerprint density at radius 2 is 2.05 bits per heavy atom. The Kier molecular flexibility index (Phi) is 4.57. The molecule has 0 bridgehead atoms. The minimum absolute atomic E-state index is 0.150. The number of nitrogens with one attached hydrogen (secondary N) is 1. The highest BCUT2D eigenvalue weighted by Crippen LogP contribution is 2.40. The molecule has 21 heavy (non-hydrogen) atoms. The van der Waals surface area contributed by atoms with E-state index in [1.54, 1.807) is 0 Å². The van der Waals surface area contributed by atoms with E-state index in [1.807, 2.05) is 30.3 Å². The molecule has 1 atom stereocenters. The lowest BCUT2D eigenvalue weighted by Crippen LogP contribution is -2.52. The molecular formula is C18H23NO2. The SMILES string of the molecule is C#CC1(NC(=O)OCc2ccccc2)CCCC(C)(C)C1. The Balaban J connectivity index is 1.93. The monoisotopic (exact) mass is 285 g/mol. The molecule has 0 aliphatic heterocycles. The van der Waals surface area contributed by atoms with Crippen molar-refractivity contribution in [3.63, 3.8) is 0 Å². The first-order valence-corrected chi connectivity index (χ1v) is 7.41. The standard InChI is InChI=1S/C18H23NO2/c1-4-18(12-8-11-17(2,3)14-18)19-16(20)21-13-15-9-6-5-7-10-15/h1,5-7,9-10H,8,11-14H2,2-3H3,(H,19,20). The fourth-order valence-corrected chi connectivity index (χ4v) is 3.08. The number of rotatable bonds is 3. The summed E-state index contributed by atoms with van der Waals surface area (Å²) in [4.78, 5) is 12.0. The van der Waals surface area contributed by atoms with Crippen LogP contribution in [0, 0.1) is 17.8 Å². The lowest BCUT2D eigenvalue weighted by atomic mass is 9.68. The molecule has 1 fully saturated rings. The van der Waals surface area contributed by atoms with Crippen LogP contribution in [0.4, 0.5) is 4.79 Å². The number of benzene rings is 1. The van der Waals surface area contributed by atoms with Crippen molar-refractivity contribution < 1.29 is 9.53 Å². The molecule has 1 saturated carbocycles.